The molecule has 0 heterocycles. The van der Waals surface area contributed by atoms with Crippen LogP contribution in [0.5, 0.6) is 0 Å². The summed E-state index contributed by atoms with van der Waals surface area (Å²) >= 11 is 0. The van der Waals surface area contributed by atoms with Gasteiger partial charge in [0.1, 0.15) is 0 Å². The van der Waals surface area contributed by atoms with Crippen molar-refractivity contribution < 1.29 is 65.4 Å². The van der Waals surface area contributed by atoms with Gasteiger partial charge in [0.05, 0.1) is 0 Å². The molecule has 0 aliphatic heterocycles. The van der Waals surface area contributed by atoms with Crippen LogP contribution in [0, 0.1) is 20.9 Å². The van der Waals surface area contributed by atoms with Crippen molar-refractivity contribution in [3.05, 3.63) is 27.5 Å². The second-order valence-corrected chi connectivity index (χ2v) is 0. The molecule has 0 aliphatic carbocycles. The van der Waals surface area contributed by atoms with E-state index in [2.05, 4.69) is 20.1 Å². The van der Waals surface area contributed by atoms with Crippen LogP contribution >= 0.6 is 0 Å². The number of hydrogen-bond acceptors (Lipinski definition) is 0. The van der Waals surface area contributed by atoms with Gasteiger partial charge in [-0.25, -0.2) is 0 Å². The minimum Gasteiger partial charge on any atom is -0.521 e. The molecular formula is C5H11Y2-3. The molecule has 0 saturated heterocycles. The van der Waals surface area contributed by atoms with E-state index in [1.54, 1.807) is 6.92 Å². The van der Waals surface area contributed by atoms with E-state index in [-0.39, 0.29) is 72.8 Å². The van der Waals surface area contributed by atoms with Gasteiger partial charge in [0.2, 0.25) is 0 Å². The molecule has 0 rings (SSSR count). The Bertz CT molecular complexity index is 6.04. The van der Waals surface area contributed by atoms with Crippen molar-refractivity contribution in [2.75, 3.05) is 0 Å². The van der Waals surface area contributed by atoms with Gasteiger partial charge in [0.15, 0.2) is 0 Å². The molecule has 2 radical (unpaired) electrons. The van der Waals surface area contributed by atoms with E-state index in [9.17, 15) is 0 Å². The van der Waals surface area contributed by atoms with E-state index in [0.717, 1.165) is 0 Å². The molecule has 0 bridgehead atoms. The van der Waals surface area contributed by atoms with E-state index in [1.165, 1.54) is 0 Å². The molecule has 0 saturated carbocycles. The first kappa shape index (κ1) is 36.3. The van der Waals surface area contributed by atoms with Crippen LogP contribution in [-0.4, -0.2) is 0 Å². The quantitative estimate of drug-likeness (QED) is 0.575. The van der Waals surface area contributed by atoms with Gasteiger partial charge in [-0.2, -0.15) is 6.92 Å². The van der Waals surface area contributed by atoms with Crippen LogP contribution in [0.4, 0.5) is 0 Å². The van der Waals surface area contributed by atoms with Crippen LogP contribution in [-0.2, 0) is 65.4 Å². The predicted molar refractivity (Wildman–Crippen MR) is 27.4 cm³/mol. The van der Waals surface area contributed by atoms with Gasteiger partial charge in [0.25, 0.3) is 0 Å². The first-order chi connectivity index (χ1) is 2.00. The van der Waals surface area contributed by atoms with Crippen molar-refractivity contribution in [3.8, 4) is 0 Å². The minimum atomic E-state index is 0. The summed E-state index contributed by atoms with van der Waals surface area (Å²) in [5.74, 6) is 0. The summed E-state index contributed by atoms with van der Waals surface area (Å²) < 4.78 is 0. The van der Waals surface area contributed by atoms with Crippen molar-refractivity contribution >= 4 is 0 Å². The summed E-state index contributed by atoms with van der Waals surface area (Å²) in [6.45, 7) is 12.0. The summed E-state index contributed by atoms with van der Waals surface area (Å²) in [5.41, 5.74) is 0. The first-order valence-electron chi connectivity index (χ1n) is 1.12. The number of rotatable bonds is 0. The number of hydrogen-bond donors (Lipinski definition) is 0. The zero-order valence-electron chi connectivity index (χ0n) is 5.15. The van der Waals surface area contributed by atoms with Crippen LogP contribution in [0.1, 0.15) is 6.92 Å². The topological polar surface area (TPSA) is 0 Å². The fourth-order valence-electron chi connectivity index (χ4n) is 0. The van der Waals surface area contributed by atoms with Crippen molar-refractivity contribution in [3.63, 3.8) is 0 Å². The van der Waals surface area contributed by atoms with Crippen molar-refractivity contribution in [1.82, 2.24) is 0 Å². The zero-order chi connectivity index (χ0) is 4.00. The second kappa shape index (κ2) is 101. The first-order valence-corrected chi connectivity index (χ1v) is 1.12. The minimum absolute atomic E-state index is 0. The van der Waals surface area contributed by atoms with E-state index < -0.39 is 0 Å². The maximum atomic E-state index is 4.25. The largest absolute Gasteiger partial charge is 0.521 e. The van der Waals surface area contributed by atoms with E-state index in [0.29, 0.717) is 0 Å². The van der Waals surface area contributed by atoms with Crippen LogP contribution in [0.2, 0.25) is 0 Å². The Hall–Kier alpha value is 1.95. The molecule has 0 aromatic rings. The molecule has 0 fully saturated rings. The summed E-state index contributed by atoms with van der Waals surface area (Å²) in [6, 6.07) is 0. The summed E-state index contributed by atoms with van der Waals surface area (Å²) in [4.78, 5) is 0. The molecule has 0 aromatic heterocycles. The third-order valence-corrected chi connectivity index (χ3v) is 0. The maximum absolute atomic E-state index is 4.25. The molecule has 40 valence electrons. The maximum Gasteiger partial charge on any atom is 0 e. The van der Waals surface area contributed by atoms with E-state index in [4.69, 9.17) is 0 Å². The molecule has 7 heavy (non-hydrogen) atoms. The van der Waals surface area contributed by atoms with E-state index in [1.807, 2.05) is 0 Å². The SMILES string of the molecule is [CH-]=C.[CH2-]C.[CH3-].[Y].[Y]. The average molecular weight is 249 g/mol. The van der Waals surface area contributed by atoms with Gasteiger partial charge < -0.3 is 20.9 Å². The molecule has 0 nitrogen and oxygen atoms in total. The Morgan fingerprint density at radius 3 is 1.14 bits per heavy atom. The summed E-state index contributed by atoms with van der Waals surface area (Å²) in [7, 11) is 0. The smallest absolute Gasteiger partial charge is 0 e. The molecule has 0 amide bonds. The summed E-state index contributed by atoms with van der Waals surface area (Å²) in [6.07, 6.45) is 0. The Balaban J connectivity index is -0.00000000267. The Morgan fingerprint density at radius 1 is 1.14 bits per heavy atom. The van der Waals surface area contributed by atoms with Crippen LogP contribution < -0.4 is 0 Å². The fraction of sp³-hybridized carbons (Fsp3) is 0.200. The van der Waals surface area contributed by atoms with Gasteiger partial charge >= 0.3 is 0 Å². The third-order valence-electron chi connectivity index (χ3n) is 0. The molecule has 0 N–H and O–H groups in total. The average Bonchev–Trinajstić information content (AvgIpc) is 1.50. The fourth-order valence-corrected chi connectivity index (χ4v) is 0. The zero-order valence-corrected chi connectivity index (χ0v) is 10.8. The molecule has 0 spiro atoms. The van der Waals surface area contributed by atoms with Crippen LogP contribution in [0.3, 0.4) is 0 Å². The predicted octanol–water partition coefficient (Wildman–Crippen LogP) is 1.89. The van der Waals surface area contributed by atoms with Gasteiger partial charge in [-0.15, -0.1) is 0 Å². The summed E-state index contributed by atoms with van der Waals surface area (Å²) in [5, 5.41) is 0. The van der Waals surface area contributed by atoms with Crippen LogP contribution in [0.25, 0.3) is 0 Å². The van der Waals surface area contributed by atoms with Crippen molar-refractivity contribution in [2.45, 2.75) is 6.92 Å². The monoisotopic (exact) mass is 249 g/mol. The normalized spacial score (nSPS) is 1.43. The molecule has 0 atom stereocenters. The molecule has 0 aliphatic rings. The van der Waals surface area contributed by atoms with E-state index >= 15 is 0 Å². The second-order valence-electron chi connectivity index (χ2n) is 0. The Labute approximate surface area is 98.3 Å². The molecule has 2 heteroatoms. The van der Waals surface area contributed by atoms with Crippen LogP contribution in [0.15, 0.2) is 6.58 Å². The van der Waals surface area contributed by atoms with Crippen molar-refractivity contribution in [1.29, 1.82) is 0 Å². The van der Waals surface area contributed by atoms with Gasteiger partial charge in [-0.05, 0) is 0 Å². The molecule has 0 unspecified atom stereocenters. The Morgan fingerprint density at radius 2 is 1.14 bits per heavy atom. The van der Waals surface area contributed by atoms with Crippen molar-refractivity contribution in [2.24, 2.45) is 0 Å². The third kappa shape index (κ3) is 74.1. The van der Waals surface area contributed by atoms with Gasteiger partial charge in [0, 0.05) is 65.4 Å². The molecular weight excluding hydrogens is 238 g/mol. The van der Waals surface area contributed by atoms with Gasteiger partial charge in [-0.3, -0.25) is 6.58 Å². The Kier molecular flexibility index (Phi) is 524. The molecule has 0 aromatic carbocycles. The van der Waals surface area contributed by atoms with Gasteiger partial charge in [-0.1, -0.05) is 0 Å². The standard InChI is InChI=1S/C2H5.C2H3.CH3.2Y/c2*1-2;;;/h1H2,2H3;1H,2H2;1H3;;/q3*-1;;.